The number of hydrogen-bond acceptors (Lipinski definition) is 3. The van der Waals surface area contributed by atoms with Crippen molar-refractivity contribution in [3.8, 4) is 0 Å². The topological polar surface area (TPSA) is 43.1 Å². The molecule has 1 fully saturated rings. The minimum absolute atomic E-state index is 0.109. The molecule has 0 aromatic carbocycles. The lowest BCUT2D eigenvalue weighted by molar-refractivity contribution is -0.125. The van der Waals surface area contributed by atoms with Crippen molar-refractivity contribution in [2.24, 2.45) is 17.1 Å². The van der Waals surface area contributed by atoms with Crippen LogP contribution in [0.5, 0.6) is 0 Å². The highest BCUT2D eigenvalue weighted by Crippen LogP contribution is 2.47. The van der Waals surface area contributed by atoms with E-state index < -0.39 is 0 Å². The fourth-order valence-electron chi connectivity index (χ4n) is 2.25. The molecule has 2 atom stereocenters. The average Bonchev–Trinajstić information content (AvgIpc) is 2.27. The van der Waals surface area contributed by atoms with Crippen LogP contribution in [0.15, 0.2) is 11.1 Å². The number of carbonyl (C=O) groups is 1. The number of hydrogen-bond donors (Lipinski definition) is 1. The molecule has 0 bridgehead atoms. The van der Waals surface area contributed by atoms with Crippen LogP contribution in [0.25, 0.3) is 0 Å². The van der Waals surface area contributed by atoms with Gasteiger partial charge < -0.3 is 5.73 Å². The molecule has 3 heteroatoms. The van der Waals surface area contributed by atoms with Crippen molar-refractivity contribution in [2.45, 2.75) is 31.9 Å². The van der Waals surface area contributed by atoms with Gasteiger partial charge in [-0.15, -0.1) is 11.8 Å². The van der Waals surface area contributed by atoms with Crippen LogP contribution < -0.4 is 5.73 Å². The van der Waals surface area contributed by atoms with Crippen LogP contribution in [0, 0.1) is 11.3 Å². The van der Waals surface area contributed by atoms with Crippen LogP contribution in [-0.2, 0) is 4.79 Å². The molecule has 2 rings (SSSR count). The molecule has 0 unspecified atom stereocenters. The Morgan fingerprint density at radius 3 is 3.00 bits per heavy atom. The number of thioether (sulfide) groups is 1. The first kappa shape index (κ1) is 9.13. The van der Waals surface area contributed by atoms with E-state index in [1.807, 2.05) is 6.08 Å². The number of nitrogens with two attached hydrogens (primary N) is 1. The second-order valence-electron chi connectivity index (χ2n) is 4.76. The predicted molar refractivity (Wildman–Crippen MR) is 55.2 cm³/mol. The van der Waals surface area contributed by atoms with E-state index in [0.29, 0.717) is 17.5 Å². The zero-order chi connectivity index (χ0) is 9.64. The van der Waals surface area contributed by atoms with Crippen LogP contribution in [-0.4, -0.2) is 11.0 Å². The summed E-state index contributed by atoms with van der Waals surface area (Å²) in [5.74, 6) is 0.479. The summed E-state index contributed by atoms with van der Waals surface area (Å²) in [6, 6.07) is 0. The Kier molecular flexibility index (Phi) is 1.95. The van der Waals surface area contributed by atoms with E-state index in [4.69, 9.17) is 5.73 Å². The Morgan fingerprint density at radius 1 is 1.62 bits per heavy atom. The Balaban J connectivity index is 2.21. The van der Waals surface area contributed by atoms with Gasteiger partial charge in [0.25, 0.3) is 0 Å². The molecule has 1 heterocycles. The van der Waals surface area contributed by atoms with Crippen molar-refractivity contribution in [3.63, 3.8) is 0 Å². The minimum atomic E-state index is 0.109. The van der Waals surface area contributed by atoms with Crippen LogP contribution in [0.2, 0.25) is 0 Å². The molecule has 2 nitrogen and oxygen atoms in total. The summed E-state index contributed by atoms with van der Waals surface area (Å²) in [6.07, 6.45) is 3.75. The first-order valence-corrected chi connectivity index (χ1v) is 5.53. The van der Waals surface area contributed by atoms with Crippen molar-refractivity contribution in [3.05, 3.63) is 11.1 Å². The predicted octanol–water partition coefficient (Wildman–Crippen LogP) is 1.91. The SMILES string of the molecule is CC1(C)CC(=O)[C@@H]2C=C(N)S[C@H]2C1. The highest BCUT2D eigenvalue weighted by molar-refractivity contribution is 8.03. The van der Waals surface area contributed by atoms with Crippen molar-refractivity contribution in [1.29, 1.82) is 0 Å². The Bertz CT molecular complexity index is 283. The monoisotopic (exact) mass is 197 g/mol. The van der Waals surface area contributed by atoms with E-state index in [-0.39, 0.29) is 11.3 Å². The second kappa shape index (κ2) is 2.77. The third kappa shape index (κ3) is 1.62. The largest absolute Gasteiger partial charge is 0.394 e. The fraction of sp³-hybridized carbons (Fsp3) is 0.700. The zero-order valence-electron chi connectivity index (χ0n) is 8.04. The highest BCUT2D eigenvalue weighted by atomic mass is 32.2. The van der Waals surface area contributed by atoms with Gasteiger partial charge in [-0.3, -0.25) is 4.79 Å². The molecule has 0 spiro atoms. The number of allylic oxidation sites excluding steroid dienone is 1. The average molecular weight is 197 g/mol. The summed E-state index contributed by atoms with van der Waals surface area (Å²) in [7, 11) is 0. The Labute approximate surface area is 82.9 Å². The summed E-state index contributed by atoms with van der Waals surface area (Å²) < 4.78 is 0. The molecule has 0 aromatic heterocycles. The van der Waals surface area contributed by atoms with E-state index >= 15 is 0 Å². The van der Waals surface area contributed by atoms with Crippen molar-refractivity contribution >= 4 is 17.5 Å². The van der Waals surface area contributed by atoms with Crippen molar-refractivity contribution in [1.82, 2.24) is 0 Å². The van der Waals surface area contributed by atoms with Crippen molar-refractivity contribution < 1.29 is 4.79 Å². The maximum Gasteiger partial charge on any atom is 0.141 e. The van der Waals surface area contributed by atoms with Gasteiger partial charge in [0.2, 0.25) is 0 Å². The molecule has 0 aromatic rings. The number of carbonyl (C=O) groups excluding carboxylic acids is 1. The van der Waals surface area contributed by atoms with E-state index in [1.165, 1.54) is 0 Å². The Hall–Kier alpha value is -0.440. The van der Waals surface area contributed by atoms with Gasteiger partial charge in [-0.05, 0) is 17.9 Å². The zero-order valence-corrected chi connectivity index (χ0v) is 8.86. The van der Waals surface area contributed by atoms with Gasteiger partial charge in [-0.1, -0.05) is 13.8 Å². The second-order valence-corrected chi connectivity index (χ2v) is 6.08. The smallest absolute Gasteiger partial charge is 0.141 e. The number of fused-ring (bicyclic) bond motifs is 1. The van der Waals surface area contributed by atoms with Crippen LogP contribution in [0.4, 0.5) is 0 Å². The number of rotatable bonds is 0. The van der Waals surface area contributed by atoms with Crippen molar-refractivity contribution in [2.75, 3.05) is 0 Å². The van der Waals surface area contributed by atoms with Crippen LogP contribution in [0.1, 0.15) is 26.7 Å². The standard InChI is InChI=1S/C10H15NOS/c1-10(2)4-7(12)6-3-9(11)13-8(6)5-10/h3,6,8H,4-5,11H2,1-2H3/t6-,8-/m0/s1. The lowest BCUT2D eigenvalue weighted by Gasteiger charge is -2.35. The van der Waals surface area contributed by atoms with Gasteiger partial charge in [0.05, 0.1) is 10.9 Å². The minimum Gasteiger partial charge on any atom is -0.394 e. The Morgan fingerprint density at radius 2 is 2.31 bits per heavy atom. The van der Waals surface area contributed by atoms with Gasteiger partial charge in [0.1, 0.15) is 5.78 Å². The fourth-order valence-corrected chi connectivity index (χ4v) is 3.73. The maximum atomic E-state index is 11.7. The summed E-state index contributed by atoms with van der Waals surface area (Å²) in [5, 5.41) is 1.25. The third-order valence-corrected chi connectivity index (χ3v) is 3.98. The first-order chi connectivity index (χ1) is 5.98. The van der Waals surface area contributed by atoms with Gasteiger partial charge in [-0.25, -0.2) is 0 Å². The quantitative estimate of drug-likeness (QED) is 0.645. The van der Waals surface area contributed by atoms with Gasteiger partial charge in [-0.2, -0.15) is 0 Å². The highest BCUT2D eigenvalue weighted by Gasteiger charge is 2.42. The normalized spacial score (nSPS) is 37.1. The summed E-state index contributed by atoms with van der Waals surface area (Å²) in [4.78, 5) is 11.7. The molecule has 72 valence electrons. The van der Waals surface area contributed by atoms with Gasteiger partial charge >= 0.3 is 0 Å². The molecule has 0 radical (unpaired) electrons. The molecule has 2 N–H and O–H groups in total. The molecule has 0 saturated heterocycles. The summed E-state index contributed by atoms with van der Waals surface area (Å²) in [5.41, 5.74) is 5.89. The first-order valence-electron chi connectivity index (χ1n) is 4.65. The van der Waals surface area contributed by atoms with E-state index in [9.17, 15) is 4.79 Å². The lowest BCUT2D eigenvalue weighted by atomic mass is 9.72. The maximum absolute atomic E-state index is 11.7. The van der Waals surface area contributed by atoms with E-state index in [0.717, 1.165) is 11.4 Å². The molecule has 1 aliphatic heterocycles. The molecule has 1 aliphatic carbocycles. The number of Topliss-reactive ketones (excluding diaryl/α,β-unsaturated/α-hetero) is 1. The van der Waals surface area contributed by atoms with Gasteiger partial charge in [0.15, 0.2) is 0 Å². The van der Waals surface area contributed by atoms with E-state index in [2.05, 4.69) is 13.8 Å². The third-order valence-electron chi connectivity index (χ3n) is 2.81. The van der Waals surface area contributed by atoms with Crippen LogP contribution >= 0.6 is 11.8 Å². The molecule has 2 aliphatic rings. The summed E-state index contributed by atoms with van der Waals surface area (Å²) in [6.45, 7) is 4.33. The number of ketones is 1. The van der Waals surface area contributed by atoms with Gasteiger partial charge in [0, 0.05) is 11.7 Å². The van der Waals surface area contributed by atoms with E-state index in [1.54, 1.807) is 11.8 Å². The molecular formula is C10H15NOS. The molecule has 1 saturated carbocycles. The lowest BCUT2D eigenvalue weighted by Crippen LogP contribution is -2.36. The molecule has 13 heavy (non-hydrogen) atoms. The molecule has 0 amide bonds. The molecular weight excluding hydrogens is 182 g/mol. The van der Waals surface area contributed by atoms with Crippen LogP contribution in [0.3, 0.4) is 0 Å². The summed E-state index contributed by atoms with van der Waals surface area (Å²) >= 11 is 1.67.